The molecule has 1 atom stereocenters. The van der Waals surface area contributed by atoms with E-state index in [1.54, 1.807) is 10.8 Å². The van der Waals surface area contributed by atoms with E-state index >= 15 is 0 Å². The Labute approximate surface area is 331 Å². The molecule has 4 aliphatic rings. The number of pyridine rings is 3. The molecule has 0 saturated heterocycles. The van der Waals surface area contributed by atoms with E-state index in [1.165, 1.54) is 82.6 Å². The molecule has 10 rings (SSSR count). The molecule has 0 spiro atoms. The van der Waals surface area contributed by atoms with Gasteiger partial charge in [0.25, 0.3) is 0 Å². The monoisotopic (exact) mass is 896 g/mol. The average molecular weight is 896 g/mol. The summed E-state index contributed by atoms with van der Waals surface area (Å²) >= 11 is 0. The third-order valence-electron chi connectivity index (χ3n) is 12.2. The fourth-order valence-corrected chi connectivity index (χ4v) is 11.0. The number of fused-ring (bicyclic) bond motifs is 6. The second kappa shape index (κ2) is 16.5. The molecule has 4 fully saturated rings. The summed E-state index contributed by atoms with van der Waals surface area (Å²) in [6, 6.07) is 29.8. The smallest absolute Gasteiger partial charge is 0.216 e. The van der Waals surface area contributed by atoms with Crippen LogP contribution in [0.4, 0.5) is 0 Å². The van der Waals surface area contributed by atoms with E-state index in [2.05, 4.69) is 90.4 Å². The van der Waals surface area contributed by atoms with Crippen molar-refractivity contribution in [3.63, 3.8) is 0 Å². The van der Waals surface area contributed by atoms with E-state index in [0.29, 0.717) is 5.71 Å². The maximum Gasteiger partial charge on any atom is 0.216 e. The van der Waals surface area contributed by atoms with E-state index in [9.17, 15) is 0 Å². The molecule has 4 aromatic heterocycles. The van der Waals surface area contributed by atoms with Crippen LogP contribution in [0.2, 0.25) is 19.6 Å². The van der Waals surface area contributed by atoms with Crippen LogP contribution in [0.5, 0.6) is 0 Å². The molecule has 4 heterocycles. The van der Waals surface area contributed by atoms with Crippen LogP contribution in [0.1, 0.15) is 81.0 Å². The number of aromatic nitrogens is 3. The summed E-state index contributed by atoms with van der Waals surface area (Å²) in [4.78, 5) is 14.0. The van der Waals surface area contributed by atoms with E-state index in [1.807, 2.05) is 37.4 Å². The molecular formula is C47H53IrN3OSi-2. The van der Waals surface area contributed by atoms with Crippen molar-refractivity contribution in [2.75, 3.05) is 0 Å². The Hall–Kier alpha value is -3.44. The van der Waals surface area contributed by atoms with Crippen molar-refractivity contribution < 1.29 is 24.5 Å². The van der Waals surface area contributed by atoms with Gasteiger partial charge in [-0.05, 0) is 97.5 Å². The van der Waals surface area contributed by atoms with Crippen LogP contribution in [-0.2, 0) is 32.9 Å². The molecule has 6 aromatic rings. The Balaban J connectivity index is 0.000000166. The van der Waals surface area contributed by atoms with Crippen molar-refractivity contribution >= 4 is 35.3 Å². The van der Waals surface area contributed by atoms with Crippen LogP contribution in [0, 0.1) is 42.7 Å². The van der Waals surface area contributed by atoms with Gasteiger partial charge in [-0.2, -0.15) is 0 Å². The number of nitrogens with zero attached hydrogens (tertiary/aromatic N) is 3. The van der Waals surface area contributed by atoms with Gasteiger partial charge in [0.2, 0.25) is 5.71 Å². The van der Waals surface area contributed by atoms with Crippen LogP contribution < -0.4 is 5.19 Å². The maximum atomic E-state index is 6.17. The normalized spacial score (nSPS) is 20.2. The van der Waals surface area contributed by atoms with Crippen LogP contribution >= 0.6 is 0 Å². The van der Waals surface area contributed by atoms with E-state index in [0.717, 1.165) is 68.2 Å². The third kappa shape index (κ3) is 8.61. The summed E-state index contributed by atoms with van der Waals surface area (Å²) in [5, 5.41) is 3.68. The van der Waals surface area contributed by atoms with Gasteiger partial charge >= 0.3 is 0 Å². The predicted molar refractivity (Wildman–Crippen MR) is 217 cm³/mol. The zero-order valence-corrected chi connectivity index (χ0v) is 35.3. The Morgan fingerprint density at radius 3 is 2.36 bits per heavy atom. The number of hydrogen-bond donors (Lipinski definition) is 0. The Kier molecular flexibility index (Phi) is 11.8. The van der Waals surface area contributed by atoms with E-state index < -0.39 is 8.07 Å². The molecule has 277 valence electrons. The topological polar surface area (TPSA) is 51.8 Å². The molecular weight excluding hydrogens is 843 g/mol. The number of rotatable bonds is 7. The second-order valence-corrected chi connectivity index (χ2v) is 22.0. The molecule has 4 nitrogen and oxygen atoms in total. The van der Waals surface area contributed by atoms with Crippen molar-refractivity contribution in [1.29, 1.82) is 0 Å². The zero-order chi connectivity index (χ0) is 35.7. The molecule has 4 aliphatic carbocycles. The van der Waals surface area contributed by atoms with Gasteiger partial charge in [-0.25, -0.2) is 4.98 Å². The molecule has 6 heteroatoms. The molecule has 2 bridgehead atoms. The predicted octanol–water partition coefficient (Wildman–Crippen LogP) is 11.7. The first-order valence-electron chi connectivity index (χ1n) is 19.9. The third-order valence-corrected chi connectivity index (χ3v) is 14.3. The summed E-state index contributed by atoms with van der Waals surface area (Å²) in [7, 11) is -1.36. The Morgan fingerprint density at radius 2 is 1.62 bits per heavy atom. The van der Waals surface area contributed by atoms with Gasteiger partial charge in [0, 0.05) is 43.6 Å². The van der Waals surface area contributed by atoms with Crippen LogP contribution in [0.15, 0.2) is 83.5 Å². The number of aryl methyl sites for hydroxylation is 1. The molecule has 1 radical (unpaired) electrons. The molecule has 53 heavy (non-hydrogen) atoms. The largest absolute Gasteiger partial charge is 0.486 e. The van der Waals surface area contributed by atoms with Crippen molar-refractivity contribution in [2.24, 2.45) is 23.7 Å². The summed E-state index contributed by atoms with van der Waals surface area (Å²) < 4.78 is 6.17. The van der Waals surface area contributed by atoms with Crippen molar-refractivity contribution in [3.05, 3.63) is 108 Å². The zero-order valence-electron chi connectivity index (χ0n) is 31.9. The van der Waals surface area contributed by atoms with E-state index in [-0.39, 0.29) is 20.1 Å². The Bertz CT molecular complexity index is 2140. The first-order chi connectivity index (χ1) is 25.3. The second-order valence-electron chi connectivity index (χ2n) is 17.0. The summed E-state index contributed by atoms with van der Waals surface area (Å²) in [6.45, 7) is 9.29. The van der Waals surface area contributed by atoms with Crippen molar-refractivity contribution in [1.82, 2.24) is 15.0 Å². The summed E-state index contributed by atoms with van der Waals surface area (Å²) in [5.41, 5.74) is 9.51. The Morgan fingerprint density at radius 1 is 0.792 bits per heavy atom. The summed E-state index contributed by atoms with van der Waals surface area (Å²) in [5.74, 6) is 3.61. The minimum absolute atomic E-state index is 0. The van der Waals surface area contributed by atoms with Gasteiger partial charge in [0.15, 0.2) is 0 Å². The SMILES string of the molecule is C[Si](C)(C)c1cnc(-c2[c-]cccc2)cc1CC1CCCCC1.Cc1ccc2c(n1)oc1c(-c3cc(CC4CC5CCC4CC5)ccn3)[c-]ccc12.[Ir]. The fourth-order valence-electron chi connectivity index (χ4n) is 9.46. The quantitative estimate of drug-likeness (QED) is 0.118. The van der Waals surface area contributed by atoms with Crippen LogP contribution in [-0.4, -0.2) is 23.0 Å². The molecule has 0 N–H and O–H groups in total. The number of furan rings is 1. The molecule has 0 aliphatic heterocycles. The van der Waals surface area contributed by atoms with E-state index in [4.69, 9.17) is 9.40 Å². The first-order valence-corrected chi connectivity index (χ1v) is 23.4. The van der Waals surface area contributed by atoms with Gasteiger partial charge in [-0.15, -0.1) is 54.1 Å². The number of hydrogen-bond acceptors (Lipinski definition) is 4. The minimum Gasteiger partial charge on any atom is -0.486 e. The van der Waals surface area contributed by atoms with Gasteiger partial charge in [0.05, 0.1) is 13.7 Å². The van der Waals surface area contributed by atoms with Crippen molar-refractivity contribution in [3.8, 4) is 22.5 Å². The molecule has 0 amide bonds. The maximum absolute atomic E-state index is 6.17. The van der Waals surface area contributed by atoms with Gasteiger partial charge in [-0.3, -0.25) is 0 Å². The van der Waals surface area contributed by atoms with Crippen LogP contribution in [0.3, 0.4) is 0 Å². The first kappa shape index (κ1) is 37.9. The number of benzene rings is 2. The van der Waals surface area contributed by atoms with Gasteiger partial charge in [-0.1, -0.05) is 98.8 Å². The average Bonchev–Trinajstić information content (AvgIpc) is 3.54. The van der Waals surface area contributed by atoms with Gasteiger partial charge < -0.3 is 14.4 Å². The fraction of sp³-hybridized carbons (Fsp3) is 0.426. The van der Waals surface area contributed by atoms with Gasteiger partial charge in [0.1, 0.15) is 0 Å². The molecule has 4 saturated carbocycles. The van der Waals surface area contributed by atoms with Crippen LogP contribution in [0.25, 0.3) is 44.6 Å². The molecule has 2 aromatic carbocycles. The minimum atomic E-state index is -1.36. The standard InChI is InChI=1S/C26H25N2O.C21H28NSi.Ir/c1-16-5-10-22-21-3-2-4-23(25(21)29-26(22)28-16)24-15-18(11-12-27-24)14-20-13-17-6-8-19(20)9-7-17;1-23(2,3)21-16-22-20(18-12-8-5-9-13-18)15-19(21)14-17-10-6-4-7-11-17;/h2-3,5,10-12,15,17,19-20H,6-9,13-14H2,1H3;5,8-9,12,15-17H,4,6-7,10-11,14H2,1-3H3;/q2*-1;. The van der Waals surface area contributed by atoms with Crippen molar-refractivity contribution in [2.45, 2.75) is 104 Å². The molecule has 1 unspecified atom stereocenters. The summed E-state index contributed by atoms with van der Waals surface area (Å²) in [6.07, 6.45) is 20.8.